The lowest BCUT2D eigenvalue weighted by Crippen LogP contribution is -2.57. The van der Waals surface area contributed by atoms with Gasteiger partial charge in [-0.15, -0.1) is 0 Å². The lowest BCUT2D eigenvalue weighted by atomic mass is 9.49. The molecule has 144 valence electrons. The molecule has 0 amide bonds. The summed E-state index contributed by atoms with van der Waals surface area (Å²) in [6.45, 7) is 1.87. The third-order valence-electron chi connectivity index (χ3n) is 5.75. The Labute approximate surface area is 144 Å². The van der Waals surface area contributed by atoms with Crippen LogP contribution in [0.5, 0.6) is 0 Å². The second-order valence-electron chi connectivity index (χ2n) is 7.74. The number of ether oxygens (including phenoxy) is 2. The van der Waals surface area contributed by atoms with E-state index >= 15 is 0 Å². The molecule has 0 aromatic heterocycles. The van der Waals surface area contributed by atoms with Crippen molar-refractivity contribution in [2.75, 3.05) is 6.61 Å². The van der Waals surface area contributed by atoms with Gasteiger partial charge in [0.2, 0.25) is 0 Å². The van der Waals surface area contributed by atoms with Crippen molar-refractivity contribution >= 4 is 16.1 Å². The number of hydrogen-bond acceptors (Lipinski definition) is 6. The fourth-order valence-corrected chi connectivity index (χ4v) is 5.37. The summed E-state index contributed by atoms with van der Waals surface area (Å²) in [5.74, 6) is -2.14. The molecule has 2 N–H and O–H groups in total. The third kappa shape index (κ3) is 3.41. The summed E-state index contributed by atoms with van der Waals surface area (Å²) in [5, 5.41) is 4.37. The van der Waals surface area contributed by atoms with E-state index in [0.29, 0.717) is 25.4 Å². The number of hydrogen-bond donors (Lipinski definition) is 2. The standard InChI is InChI=1S/C15H22F2O7S/c1-8(18)23-7-14-4-9-2-10(5-14)12(11(3-9)6-14)24-13(19)15(16,17)25(20,21)22/h8-12,18H,2-7H2,1H3,(H,20,21,22). The van der Waals surface area contributed by atoms with E-state index in [0.717, 1.165) is 19.3 Å². The first-order valence-electron chi connectivity index (χ1n) is 8.29. The molecular formula is C15H22F2O7S. The molecule has 10 heteroatoms. The Morgan fingerprint density at radius 1 is 1.28 bits per heavy atom. The van der Waals surface area contributed by atoms with Crippen molar-refractivity contribution in [3.05, 3.63) is 0 Å². The van der Waals surface area contributed by atoms with Gasteiger partial charge < -0.3 is 14.6 Å². The summed E-state index contributed by atoms with van der Waals surface area (Å²) in [5.41, 5.74) is -0.165. The van der Waals surface area contributed by atoms with Gasteiger partial charge in [0, 0.05) is 0 Å². The molecule has 7 nitrogen and oxygen atoms in total. The largest absolute Gasteiger partial charge is 0.465 e. The average molecular weight is 384 g/mol. The molecule has 4 aliphatic rings. The van der Waals surface area contributed by atoms with Gasteiger partial charge in [0.25, 0.3) is 0 Å². The van der Waals surface area contributed by atoms with E-state index in [4.69, 9.17) is 14.0 Å². The van der Waals surface area contributed by atoms with E-state index in [2.05, 4.69) is 0 Å². The molecule has 4 bridgehead atoms. The zero-order chi connectivity index (χ0) is 18.6. The Kier molecular flexibility index (Phi) is 4.62. The van der Waals surface area contributed by atoms with Gasteiger partial charge in [-0.25, -0.2) is 4.79 Å². The highest BCUT2D eigenvalue weighted by atomic mass is 32.2. The van der Waals surface area contributed by atoms with E-state index in [1.165, 1.54) is 6.92 Å². The van der Waals surface area contributed by atoms with Gasteiger partial charge >= 0.3 is 21.3 Å². The number of carbonyl (C=O) groups excluding carboxylic acids is 1. The van der Waals surface area contributed by atoms with Crippen molar-refractivity contribution in [3.8, 4) is 0 Å². The van der Waals surface area contributed by atoms with Gasteiger partial charge in [0.15, 0.2) is 6.29 Å². The van der Waals surface area contributed by atoms with Crippen LogP contribution in [0.4, 0.5) is 8.78 Å². The number of halogens is 2. The molecular weight excluding hydrogens is 362 g/mol. The first-order valence-corrected chi connectivity index (χ1v) is 9.73. The minimum Gasteiger partial charge on any atom is -0.456 e. The van der Waals surface area contributed by atoms with Gasteiger partial charge in [-0.05, 0) is 62.2 Å². The monoisotopic (exact) mass is 384 g/mol. The van der Waals surface area contributed by atoms with Gasteiger partial charge in [-0.2, -0.15) is 17.2 Å². The zero-order valence-electron chi connectivity index (χ0n) is 13.7. The Balaban J connectivity index is 1.72. The topological polar surface area (TPSA) is 110 Å². The van der Waals surface area contributed by atoms with E-state index in [-0.39, 0.29) is 17.3 Å². The average Bonchev–Trinajstić information content (AvgIpc) is 2.47. The highest BCUT2D eigenvalue weighted by Crippen LogP contribution is 2.61. The minimum absolute atomic E-state index is 0.148. The van der Waals surface area contributed by atoms with Crippen molar-refractivity contribution in [1.82, 2.24) is 0 Å². The molecule has 0 aliphatic heterocycles. The van der Waals surface area contributed by atoms with Crippen LogP contribution < -0.4 is 0 Å². The summed E-state index contributed by atoms with van der Waals surface area (Å²) in [6.07, 6.45) is 1.93. The van der Waals surface area contributed by atoms with Gasteiger partial charge in [-0.3, -0.25) is 4.55 Å². The molecule has 0 saturated heterocycles. The van der Waals surface area contributed by atoms with E-state index in [9.17, 15) is 27.1 Å². The third-order valence-corrected chi connectivity index (χ3v) is 6.56. The van der Waals surface area contributed by atoms with Crippen LogP contribution in [-0.4, -0.2) is 48.3 Å². The van der Waals surface area contributed by atoms with Crippen molar-refractivity contribution in [3.63, 3.8) is 0 Å². The molecule has 0 aromatic rings. The Bertz CT molecular complexity index is 632. The highest BCUT2D eigenvalue weighted by molar-refractivity contribution is 7.87. The summed E-state index contributed by atoms with van der Waals surface area (Å²) in [4.78, 5) is 11.6. The molecule has 25 heavy (non-hydrogen) atoms. The van der Waals surface area contributed by atoms with Crippen LogP contribution in [-0.2, 0) is 24.4 Å². The number of esters is 1. The van der Waals surface area contributed by atoms with Crippen molar-refractivity contribution in [2.24, 2.45) is 23.2 Å². The number of aliphatic hydroxyl groups excluding tert-OH is 1. The quantitative estimate of drug-likeness (QED) is 0.406. The minimum atomic E-state index is -5.86. The van der Waals surface area contributed by atoms with Crippen LogP contribution in [0.2, 0.25) is 0 Å². The molecule has 0 aromatic carbocycles. The SMILES string of the molecule is CC(O)OCC12CC3CC(C1)C(OC(=O)C(F)(F)S(=O)(=O)O)C(C3)C2. The zero-order valence-corrected chi connectivity index (χ0v) is 14.5. The van der Waals surface area contributed by atoms with Crippen LogP contribution in [0.25, 0.3) is 0 Å². The van der Waals surface area contributed by atoms with Crippen LogP contribution >= 0.6 is 0 Å². The van der Waals surface area contributed by atoms with E-state index < -0.39 is 33.7 Å². The molecule has 0 heterocycles. The smallest absolute Gasteiger partial charge is 0.456 e. The summed E-state index contributed by atoms with van der Waals surface area (Å²) in [7, 11) is -5.86. The lowest BCUT2D eigenvalue weighted by Gasteiger charge is -2.59. The summed E-state index contributed by atoms with van der Waals surface area (Å²) >= 11 is 0. The lowest BCUT2D eigenvalue weighted by molar-refractivity contribution is -0.208. The Morgan fingerprint density at radius 2 is 1.84 bits per heavy atom. The number of alkyl halides is 2. The van der Waals surface area contributed by atoms with Crippen molar-refractivity contribution in [1.29, 1.82) is 0 Å². The van der Waals surface area contributed by atoms with Crippen LogP contribution in [0.1, 0.15) is 39.0 Å². The maximum atomic E-state index is 13.5. The number of carbonyl (C=O) groups is 1. The summed E-state index contributed by atoms with van der Waals surface area (Å²) < 4.78 is 67.1. The molecule has 0 radical (unpaired) electrons. The first-order chi connectivity index (χ1) is 11.4. The molecule has 3 unspecified atom stereocenters. The summed E-state index contributed by atoms with van der Waals surface area (Å²) in [6, 6.07) is 0. The molecule has 4 saturated carbocycles. The predicted molar refractivity (Wildman–Crippen MR) is 80.0 cm³/mol. The Hall–Kier alpha value is -0.840. The highest BCUT2D eigenvalue weighted by Gasteiger charge is 2.60. The molecule has 0 spiro atoms. The predicted octanol–water partition coefficient (Wildman–Crippen LogP) is 1.56. The van der Waals surface area contributed by atoms with Crippen molar-refractivity contribution in [2.45, 2.75) is 56.7 Å². The maximum Gasteiger partial charge on any atom is 0.465 e. The van der Waals surface area contributed by atoms with Gasteiger partial charge in [0.1, 0.15) is 6.10 Å². The fourth-order valence-electron chi connectivity index (χ4n) is 5.11. The van der Waals surface area contributed by atoms with E-state index in [1.807, 2.05) is 0 Å². The second-order valence-corrected chi connectivity index (χ2v) is 9.20. The molecule has 4 rings (SSSR count). The number of aliphatic hydroxyl groups is 1. The molecule has 4 aliphatic carbocycles. The molecule has 4 fully saturated rings. The Morgan fingerprint density at radius 3 is 2.32 bits per heavy atom. The number of rotatable bonds is 6. The van der Waals surface area contributed by atoms with Crippen LogP contribution in [0.15, 0.2) is 0 Å². The van der Waals surface area contributed by atoms with Gasteiger partial charge in [-0.1, -0.05) is 0 Å². The molecule has 3 atom stereocenters. The second kappa shape index (κ2) is 6.11. The van der Waals surface area contributed by atoms with Crippen LogP contribution in [0.3, 0.4) is 0 Å². The van der Waals surface area contributed by atoms with Gasteiger partial charge in [0.05, 0.1) is 6.61 Å². The van der Waals surface area contributed by atoms with Crippen LogP contribution in [0, 0.1) is 23.2 Å². The normalized spacial score (nSPS) is 38.6. The first kappa shape index (κ1) is 18.9. The maximum absolute atomic E-state index is 13.5. The van der Waals surface area contributed by atoms with E-state index in [1.54, 1.807) is 0 Å². The fraction of sp³-hybridized carbons (Fsp3) is 0.933. The van der Waals surface area contributed by atoms with Crippen molar-refractivity contribution < 1.29 is 41.1 Å².